The molecule has 0 aliphatic carbocycles. The molecule has 0 saturated carbocycles. The molecule has 0 atom stereocenters. The molecule has 1 aromatic rings. The number of carboxylic acids is 1. The van der Waals surface area contributed by atoms with Crippen molar-refractivity contribution in [2.45, 2.75) is 6.92 Å². The molecule has 13 heavy (non-hydrogen) atoms. The van der Waals surface area contributed by atoms with Crippen molar-refractivity contribution >= 4 is 11.5 Å². The van der Waals surface area contributed by atoms with Gasteiger partial charge in [-0.2, -0.15) is 0 Å². The van der Waals surface area contributed by atoms with Crippen molar-refractivity contribution < 1.29 is 14.3 Å². The first kappa shape index (κ1) is 9.45. The Bertz CT molecular complexity index is 338. The summed E-state index contributed by atoms with van der Waals surface area (Å²) in [6.45, 7) is 1.63. The first-order chi connectivity index (χ1) is 6.15. The summed E-state index contributed by atoms with van der Waals surface area (Å²) in [4.78, 5) is 10.7. The molecule has 0 aliphatic heterocycles. The predicted octanol–water partition coefficient (Wildman–Crippen LogP) is 2.31. The van der Waals surface area contributed by atoms with Crippen molar-refractivity contribution in [3.63, 3.8) is 0 Å². The lowest BCUT2D eigenvalue weighted by atomic mass is 10.1. The topological polar surface area (TPSA) is 37.3 Å². The van der Waals surface area contributed by atoms with Gasteiger partial charge in [-0.15, -0.1) is 0 Å². The molecule has 0 aliphatic rings. The third-order valence-corrected chi connectivity index (χ3v) is 1.67. The highest BCUT2D eigenvalue weighted by molar-refractivity contribution is 6.15. The third-order valence-electron chi connectivity index (χ3n) is 1.67. The zero-order chi connectivity index (χ0) is 9.84. The smallest absolute Gasteiger partial charge is 0.335 e. The fourth-order valence-corrected chi connectivity index (χ4v) is 1.04. The second-order valence-electron chi connectivity index (χ2n) is 2.51. The van der Waals surface area contributed by atoms with Crippen LogP contribution in [0.5, 0.6) is 0 Å². The maximum Gasteiger partial charge on any atom is 0.335 e. The zero-order valence-electron chi connectivity index (χ0n) is 7.12. The number of carbonyl (C=O) groups is 1. The van der Waals surface area contributed by atoms with Gasteiger partial charge in [0.2, 0.25) is 0 Å². The molecule has 1 aromatic carbocycles. The van der Waals surface area contributed by atoms with Crippen LogP contribution in [-0.2, 0) is 4.79 Å². The van der Waals surface area contributed by atoms with E-state index in [-0.39, 0.29) is 11.4 Å². The van der Waals surface area contributed by atoms with Crippen LogP contribution in [0.2, 0.25) is 0 Å². The SMILES string of the molecule is C/C=C(/C(=O)O)c1ccc(F)cc1. The molecule has 2 nitrogen and oxygen atoms in total. The third kappa shape index (κ3) is 2.15. The Balaban J connectivity index is 3.07. The van der Waals surface area contributed by atoms with Gasteiger partial charge in [-0.3, -0.25) is 0 Å². The summed E-state index contributed by atoms with van der Waals surface area (Å²) in [6.07, 6.45) is 1.48. The van der Waals surface area contributed by atoms with Crippen molar-refractivity contribution in [2.24, 2.45) is 0 Å². The van der Waals surface area contributed by atoms with Crippen LogP contribution in [0.4, 0.5) is 4.39 Å². The van der Waals surface area contributed by atoms with E-state index in [0.29, 0.717) is 5.56 Å². The monoisotopic (exact) mass is 180 g/mol. The number of carboxylic acid groups (broad SMARTS) is 1. The molecule has 0 unspecified atom stereocenters. The molecule has 0 amide bonds. The molecule has 0 spiro atoms. The van der Waals surface area contributed by atoms with Gasteiger partial charge in [0.25, 0.3) is 0 Å². The average molecular weight is 180 g/mol. The Morgan fingerprint density at radius 3 is 2.31 bits per heavy atom. The van der Waals surface area contributed by atoms with Gasteiger partial charge in [-0.25, -0.2) is 9.18 Å². The zero-order valence-corrected chi connectivity index (χ0v) is 7.12. The fourth-order valence-electron chi connectivity index (χ4n) is 1.04. The van der Waals surface area contributed by atoms with Gasteiger partial charge in [0.05, 0.1) is 5.57 Å². The average Bonchev–Trinajstić information content (AvgIpc) is 2.09. The van der Waals surface area contributed by atoms with Crippen LogP contribution in [-0.4, -0.2) is 11.1 Å². The molecular formula is C10H9FO2. The van der Waals surface area contributed by atoms with Crippen LogP contribution in [0.15, 0.2) is 30.3 Å². The normalized spacial score (nSPS) is 11.4. The van der Waals surface area contributed by atoms with Crippen LogP contribution < -0.4 is 0 Å². The molecule has 1 rings (SSSR count). The molecule has 0 radical (unpaired) electrons. The Hall–Kier alpha value is -1.64. The Labute approximate surface area is 75.3 Å². The lowest BCUT2D eigenvalue weighted by Crippen LogP contribution is -1.98. The lowest BCUT2D eigenvalue weighted by Gasteiger charge is -2.00. The summed E-state index contributed by atoms with van der Waals surface area (Å²) in [5.41, 5.74) is 0.691. The fraction of sp³-hybridized carbons (Fsp3) is 0.100. The molecule has 0 heterocycles. The van der Waals surface area contributed by atoms with E-state index in [2.05, 4.69) is 0 Å². The van der Waals surface area contributed by atoms with Gasteiger partial charge < -0.3 is 5.11 Å². The van der Waals surface area contributed by atoms with E-state index in [0.717, 1.165) is 0 Å². The van der Waals surface area contributed by atoms with Crippen LogP contribution in [0, 0.1) is 5.82 Å². The molecule has 0 fully saturated rings. The molecule has 68 valence electrons. The minimum Gasteiger partial charge on any atom is -0.478 e. The van der Waals surface area contributed by atoms with Gasteiger partial charge in [0.1, 0.15) is 5.82 Å². The summed E-state index contributed by atoms with van der Waals surface area (Å²) >= 11 is 0. The first-order valence-corrected chi connectivity index (χ1v) is 3.80. The molecule has 0 aromatic heterocycles. The summed E-state index contributed by atoms with van der Waals surface area (Å²) in [5, 5.41) is 8.73. The Morgan fingerprint density at radius 2 is 1.92 bits per heavy atom. The predicted molar refractivity (Wildman–Crippen MR) is 47.7 cm³/mol. The molecule has 0 saturated heterocycles. The van der Waals surface area contributed by atoms with Gasteiger partial charge in [0, 0.05) is 0 Å². The van der Waals surface area contributed by atoms with Gasteiger partial charge in [-0.1, -0.05) is 18.2 Å². The van der Waals surface area contributed by atoms with E-state index >= 15 is 0 Å². The summed E-state index contributed by atoms with van der Waals surface area (Å²) < 4.78 is 12.5. The van der Waals surface area contributed by atoms with Crippen LogP contribution >= 0.6 is 0 Å². The quantitative estimate of drug-likeness (QED) is 0.709. The number of rotatable bonds is 2. The summed E-state index contributed by atoms with van der Waals surface area (Å²) in [7, 11) is 0. The number of hydrogen-bond donors (Lipinski definition) is 1. The van der Waals surface area contributed by atoms with E-state index in [1.807, 2.05) is 0 Å². The second kappa shape index (κ2) is 3.85. The highest BCUT2D eigenvalue weighted by Gasteiger charge is 2.07. The second-order valence-corrected chi connectivity index (χ2v) is 2.51. The molecule has 1 N–H and O–H groups in total. The lowest BCUT2D eigenvalue weighted by molar-refractivity contribution is -0.130. The van der Waals surface area contributed by atoms with Gasteiger partial charge in [0.15, 0.2) is 0 Å². The summed E-state index contributed by atoms with van der Waals surface area (Å²) in [5.74, 6) is -1.38. The molecule has 3 heteroatoms. The maximum atomic E-state index is 12.5. The largest absolute Gasteiger partial charge is 0.478 e. The maximum absolute atomic E-state index is 12.5. The number of allylic oxidation sites excluding steroid dienone is 1. The molecule has 0 bridgehead atoms. The number of benzene rings is 1. The van der Waals surface area contributed by atoms with Crippen LogP contribution in [0.25, 0.3) is 5.57 Å². The van der Waals surface area contributed by atoms with Gasteiger partial charge >= 0.3 is 5.97 Å². The van der Waals surface area contributed by atoms with Crippen molar-refractivity contribution in [3.05, 3.63) is 41.7 Å². The minimum atomic E-state index is -1.01. The standard InChI is InChI=1S/C10H9FO2/c1-2-9(10(12)13)7-3-5-8(11)6-4-7/h2-6H,1H3,(H,12,13)/b9-2+. The van der Waals surface area contributed by atoms with Crippen LogP contribution in [0.3, 0.4) is 0 Å². The number of halogens is 1. The van der Waals surface area contributed by atoms with E-state index < -0.39 is 5.97 Å². The van der Waals surface area contributed by atoms with E-state index in [4.69, 9.17) is 5.11 Å². The molecular weight excluding hydrogens is 171 g/mol. The number of aliphatic carboxylic acids is 1. The van der Waals surface area contributed by atoms with E-state index in [1.54, 1.807) is 6.92 Å². The summed E-state index contributed by atoms with van der Waals surface area (Å²) in [6, 6.07) is 5.36. The van der Waals surface area contributed by atoms with Crippen molar-refractivity contribution in [3.8, 4) is 0 Å². The van der Waals surface area contributed by atoms with Crippen molar-refractivity contribution in [2.75, 3.05) is 0 Å². The Morgan fingerprint density at radius 1 is 1.38 bits per heavy atom. The highest BCUT2D eigenvalue weighted by atomic mass is 19.1. The Kier molecular flexibility index (Phi) is 2.80. The van der Waals surface area contributed by atoms with Gasteiger partial charge in [-0.05, 0) is 24.6 Å². The van der Waals surface area contributed by atoms with Crippen LogP contribution in [0.1, 0.15) is 12.5 Å². The van der Waals surface area contributed by atoms with E-state index in [9.17, 15) is 9.18 Å². The van der Waals surface area contributed by atoms with Crippen molar-refractivity contribution in [1.82, 2.24) is 0 Å². The first-order valence-electron chi connectivity index (χ1n) is 3.80. The highest BCUT2D eigenvalue weighted by Crippen LogP contribution is 2.14. The minimum absolute atomic E-state index is 0.181. The van der Waals surface area contributed by atoms with E-state index in [1.165, 1.54) is 30.3 Å². The van der Waals surface area contributed by atoms with Crippen molar-refractivity contribution in [1.29, 1.82) is 0 Å². The number of hydrogen-bond acceptors (Lipinski definition) is 1.